The number of carbonyl (C=O) groups excluding carboxylic acids is 2. The van der Waals surface area contributed by atoms with E-state index in [-0.39, 0.29) is 11.9 Å². The van der Waals surface area contributed by atoms with E-state index in [1.807, 2.05) is 31.2 Å². The van der Waals surface area contributed by atoms with Gasteiger partial charge in [0.1, 0.15) is 5.75 Å². The first-order valence-electron chi connectivity index (χ1n) is 6.30. The van der Waals surface area contributed by atoms with Crippen LogP contribution in [0.2, 0.25) is 0 Å². The average Bonchev–Trinajstić information content (AvgIpc) is 2.38. The second-order valence-corrected chi connectivity index (χ2v) is 4.39. The van der Waals surface area contributed by atoms with Crippen LogP contribution in [0.1, 0.15) is 19.4 Å². The minimum absolute atomic E-state index is 0.182. The molecule has 1 aliphatic rings. The number of ether oxygens (including phenoxy) is 2. The molecule has 0 unspecified atom stereocenters. The number of esters is 1. The molecule has 19 heavy (non-hydrogen) atoms. The summed E-state index contributed by atoms with van der Waals surface area (Å²) < 4.78 is 10.5. The van der Waals surface area contributed by atoms with E-state index in [9.17, 15) is 9.59 Å². The predicted octanol–water partition coefficient (Wildman–Crippen LogP) is 1.06. The van der Waals surface area contributed by atoms with Crippen molar-refractivity contribution in [3.63, 3.8) is 0 Å². The topological polar surface area (TPSA) is 64.6 Å². The van der Waals surface area contributed by atoms with Crippen LogP contribution in [0.15, 0.2) is 24.3 Å². The molecular weight excluding hydrogens is 246 g/mol. The maximum absolute atomic E-state index is 11.4. The van der Waals surface area contributed by atoms with Crippen LogP contribution in [0.5, 0.6) is 5.75 Å². The Morgan fingerprint density at radius 3 is 2.74 bits per heavy atom. The van der Waals surface area contributed by atoms with E-state index < -0.39 is 12.1 Å². The lowest BCUT2D eigenvalue weighted by atomic mass is 9.94. The number of carbonyl (C=O) groups is 2. The highest BCUT2D eigenvalue weighted by molar-refractivity contribution is 5.90. The van der Waals surface area contributed by atoms with E-state index in [4.69, 9.17) is 9.47 Å². The van der Waals surface area contributed by atoms with Crippen LogP contribution in [-0.2, 0) is 20.7 Å². The summed E-state index contributed by atoms with van der Waals surface area (Å²) >= 11 is 0. The Bertz CT molecular complexity index is 486. The third-order valence-corrected chi connectivity index (χ3v) is 2.96. The Labute approximate surface area is 111 Å². The number of amides is 1. The highest BCUT2D eigenvalue weighted by atomic mass is 16.6. The molecule has 1 aromatic carbocycles. The number of para-hydroxylation sites is 1. The van der Waals surface area contributed by atoms with Gasteiger partial charge in [0.15, 0.2) is 6.10 Å². The van der Waals surface area contributed by atoms with Gasteiger partial charge in [-0.05, 0) is 18.6 Å². The molecule has 0 radical (unpaired) electrons. The third-order valence-electron chi connectivity index (χ3n) is 2.96. The molecule has 1 fully saturated rings. The highest BCUT2D eigenvalue weighted by Gasteiger charge is 2.42. The van der Waals surface area contributed by atoms with Gasteiger partial charge in [-0.25, -0.2) is 0 Å². The zero-order valence-corrected chi connectivity index (χ0v) is 11.0. The molecule has 102 valence electrons. The molecule has 0 bridgehead atoms. The molecule has 1 amide bonds. The maximum Gasteiger partial charge on any atom is 0.303 e. The van der Waals surface area contributed by atoms with Gasteiger partial charge < -0.3 is 14.8 Å². The molecule has 0 aliphatic carbocycles. The first-order chi connectivity index (χ1) is 9.11. The van der Waals surface area contributed by atoms with Crippen molar-refractivity contribution < 1.29 is 19.1 Å². The van der Waals surface area contributed by atoms with E-state index in [0.717, 1.165) is 11.3 Å². The molecule has 1 saturated heterocycles. The van der Waals surface area contributed by atoms with Crippen molar-refractivity contribution in [2.45, 2.75) is 32.4 Å². The van der Waals surface area contributed by atoms with Crippen LogP contribution in [0.4, 0.5) is 0 Å². The number of hydrogen-bond donors (Lipinski definition) is 1. The molecule has 1 aromatic rings. The van der Waals surface area contributed by atoms with Gasteiger partial charge in [-0.15, -0.1) is 0 Å². The fraction of sp³-hybridized carbons (Fsp3) is 0.429. The monoisotopic (exact) mass is 263 g/mol. The minimum Gasteiger partial charge on any atom is -0.494 e. The van der Waals surface area contributed by atoms with Crippen molar-refractivity contribution in [2.24, 2.45) is 0 Å². The van der Waals surface area contributed by atoms with Crippen molar-refractivity contribution in [3.05, 3.63) is 29.8 Å². The molecule has 5 heteroatoms. The van der Waals surface area contributed by atoms with E-state index in [0.29, 0.717) is 13.0 Å². The highest BCUT2D eigenvalue weighted by Crippen LogP contribution is 2.23. The summed E-state index contributed by atoms with van der Waals surface area (Å²) in [5, 5.41) is 2.74. The Kier molecular flexibility index (Phi) is 4.04. The predicted molar refractivity (Wildman–Crippen MR) is 68.8 cm³/mol. The van der Waals surface area contributed by atoms with E-state index in [2.05, 4.69) is 5.32 Å². The molecule has 1 heterocycles. The summed E-state index contributed by atoms with van der Waals surface area (Å²) in [5.41, 5.74) is 0.992. The largest absolute Gasteiger partial charge is 0.494 e. The number of benzene rings is 1. The van der Waals surface area contributed by atoms with Gasteiger partial charge in [0.05, 0.1) is 12.6 Å². The van der Waals surface area contributed by atoms with Crippen molar-refractivity contribution in [1.29, 1.82) is 0 Å². The summed E-state index contributed by atoms with van der Waals surface area (Å²) in [6.45, 7) is 3.81. The Balaban J connectivity index is 2.05. The second kappa shape index (κ2) is 5.73. The van der Waals surface area contributed by atoms with Crippen LogP contribution < -0.4 is 10.1 Å². The lowest BCUT2D eigenvalue weighted by Crippen LogP contribution is -2.64. The zero-order valence-electron chi connectivity index (χ0n) is 11.0. The van der Waals surface area contributed by atoms with Gasteiger partial charge in [-0.2, -0.15) is 0 Å². The molecule has 1 aliphatic heterocycles. The molecular formula is C14H17NO4. The Hall–Kier alpha value is -2.04. The van der Waals surface area contributed by atoms with Gasteiger partial charge in [-0.3, -0.25) is 9.59 Å². The van der Waals surface area contributed by atoms with Crippen LogP contribution in [0.3, 0.4) is 0 Å². The number of hydrogen-bond acceptors (Lipinski definition) is 4. The summed E-state index contributed by atoms with van der Waals surface area (Å²) in [7, 11) is 0. The summed E-state index contributed by atoms with van der Waals surface area (Å²) in [6.07, 6.45) is -0.105. The third kappa shape index (κ3) is 3.05. The number of nitrogens with one attached hydrogen (secondary N) is 1. The van der Waals surface area contributed by atoms with Gasteiger partial charge >= 0.3 is 5.97 Å². The molecule has 2 atom stereocenters. The maximum atomic E-state index is 11.4. The molecule has 5 nitrogen and oxygen atoms in total. The van der Waals surface area contributed by atoms with Crippen molar-refractivity contribution in [1.82, 2.24) is 5.32 Å². The average molecular weight is 263 g/mol. The fourth-order valence-corrected chi connectivity index (χ4v) is 2.11. The van der Waals surface area contributed by atoms with Gasteiger partial charge in [0.25, 0.3) is 5.91 Å². The van der Waals surface area contributed by atoms with Gasteiger partial charge in [0.2, 0.25) is 0 Å². The minimum atomic E-state index is -0.688. The van der Waals surface area contributed by atoms with E-state index in [1.165, 1.54) is 6.92 Å². The number of rotatable bonds is 5. The number of β-lactam (4-membered cyclic amide) rings is 1. The molecule has 0 aromatic heterocycles. The van der Waals surface area contributed by atoms with Crippen LogP contribution in [0.25, 0.3) is 0 Å². The summed E-state index contributed by atoms with van der Waals surface area (Å²) in [5.74, 6) is 0.116. The van der Waals surface area contributed by atoms with Gasteiger partial charge in [0, 0.05) is 13.3 Å². The van der Waals surface area contributed by atoms with Crippen LogP contribution in [0, 0.1) is 0 Å². The SMILES string of the molecule is CCOc1ccccc1C[C@@H]1NC(=O)[C@H]1OC(C)=O. The zero-order chi connectivity index (χ0) is 13.8. The standard InChI is InChI=1S/C14H17NO4/c1-3-18-12-7-5-4-6-10(12)8-11-13(14(17)15-11)19-9(2)16/h4-7,11,13H,3,8H2,1-2H3,(H,15,17)/t11-,13-/m0/s1. The molecule has 1 N–H and O–H groups in total. The lowest BCUT2D eigenvalue weighted by Gasteiger charge is -2.35. The quantitative estimate of drug-likeness (QED) is 0.637. The van der Waals surface area contributed by atoms with Crippen LogP contribution >= 0.6 is 0 Å². The van der Waals surface area contributed by atoms with Gasteiger partial charge in [-0.1, -0.05) is 18.2 Å². The Morgan fingerprint density at radius 2 is 2.11 bits per heavy atom. The first kappa shape index (κ1) is 13.4. The van der Waals surface area contributed by atoms with Crippen molar-refractivity contribution in [3.8, 4) is 5.75 Å². The lowest BCUT2D eigenvalue weighted by molar-refractivity contribution is -0.164. The first-order valence-corrected chi connectivity index (χ1v) is 6.30. The summed E-state index contributed by atoms with van der Waals surface area (Å²) in [6, 6.07) is 7.47. The molecule has 0 spiro atoms. The van der Waals surface area contributed by atoms with Crippen molar-refractivity contribution in [2.75, 3.05) is 6.61 Å². The molecule has 2 rings (SSSR count). The Morgan fingerprint density at radius 1 is 1.37 bits per heavy atom. The fourth-order valence-electron chi connectivity index (χ4n) is 2.11. The second-order valence-electron chi connectivity index (χ2n) is 4.39. The van der Waals surface area contributed by atoms with Crippen molar-refractivity contribution >= 4 is 11.9 Å². The van der Waals surface area contributed by atoms with E-state index >= 15 is 0 Å². The summed E-state index contributed by atoms with van der Waals surface area (Å²) in [4.78, 5) is 22.3. The normalized spacial score (nSPS) is 21.3. The smallest absolute Gasteiger partial charge is 0.303 e. The van der Waals surface area contributed by atoms with E-state index in [1.54, 1.807) is 0 Å². The molecule has 0 saturated carbocycles. The van der Waals surface area contributed by atoms with Crippen LogP contribution in [-0.4, -0.2) is 30.6 Å².